The van der Waals surface area contributed by atoms with Crippen LogP contribution >= 0.6 is 0 Å². The van der Waals surface area contributed by atoms with Crippen molar-refractivity contribution >= 4 is 51.4 Å². The molecule has 0 radical (unpaired) electrons. The second kappa shape index (κ2) is 13.6. The van der Waals surface area contributed by atoms with E-state index in [9.17, 15) is 14.4 Å². The Bertz CT molecular complexity index is 1870. The molecule has 0 aliphatic carbocycles. The molecule has 12 nitrogen and oxygen atoms in total. The molecule has 46 heavy (non-hydrogen) atoms. The highest BCUT2D eigenvalue weighted by Gasteiger charge is 2.22. The van der Waals surface area contributed by atoms with E-state index in [2.05, 4.69) is 20.4 Å². The number of fused-ring (bicyclic) bond motifs is 2. The zero-order chi connectivity index (χ0) is 33.6. The quantitative estimate of drug-likeness (QED) is 0.228. The molecule has 5 rings (SSSR count). The second-order valence-corrected chi connectivity index (χ2v) is 12.5. The van der Waals surface area contributed by atoms with E-state index >= 15 is 0 Å². The first-order valence-electron chi connectivity index (χ1n) is 14.6. The van der Waals surface area contributed by atoms with Gasteiger partial charge in [0.2, 0.25) is 5.91 Å². The zero-order valence-corrected chi connectivity index (χ0v) is 27.1. The lowest BCUT2D eigenvalue weighted by atomic mass is 10.1. The van der Waals surface area contributed by atoms with Crippen molar-refractivity contribution in [3.63, 3.8) is 0 Å². The molecule has 0 unspecified atom stereocenters. The molecule has 2 heterocycles. The predicted molar refractivity (Wildman–Crippen MR) is 178 cm³/mol. The summed E-state index contributed by atoms with van der Waals surface area (Å²) in [6.45, 7) is 10.7. The van der Waals surface area contributed by atoms with Crippen LogP contribution in [0, 0.1) is 0 Å². The van der Waals surface area contributed by atoms with E-state index < -0.39 is 23.4 Å². The second-order valence-electron chi connectivity index (χ2n) is 12.5. The molecule has 0 saturated heterocycles. The molecular weight excluding hydrogens is 586 g/mol. The third kappa shape index (κ3) is 9.00. The van der Waals surface area contributed by atoms with Crippen molar-refractivity contribution in [1.82, 2.24) is 24.6 Å². The number of nitrogen functional groups attached to an aromatic ring is 1. The number of amides is 2. The maximum atomic E-state index is 12.4. The summed E-state index contributed by atoms with van der Waals surface area (Å²) in [5.74, 6) is 0.511. The molecule has 2 amide bonds. The third-order valence-electron chi connectivity index (χ3n) is 6.17. The number of benzene rings is 3. The average molecular weight is 626 g/mol. The number of likely N-dealkylation sites (N-methyl/N-ethyl adjacent to an activating group) is 1. The number of ether oxygens (including phenoxy) is 2. The minimum Gasteiger partial charge on any atom is -0.444 e. The number of hydrogen-bond donors (Lipinski definition) is 2. The number of nitrogens with zero attached hydrogens (tertiary/aromatic N) is 5. The standard InChI is InChI=1S/C22H25N5O3.C12H14N2O2/c1-22(2,3)30-21(29)27(4)13-18(28)24-15-9-7-8-14(12-15)20-25-17-11-6-5-10-16(17)19(23)26-20;1-12(2,3)16-11(15)14-10-7-5-4-6-9(10)8-13-14/h5-12H,13H2,1-4H3,(H,24,28)(H2,23,25,26);4-8H,1-3H3. The van der Waals surface area contributed by atoms with Crippen LogP contribution in [0.4, 0.5) is 21.1 Å². The minimum atomic E-state index is -0.627. The number of nitrogens with two attached hydrogens (primary N) is 1. The van der Waals surface area contributed by atoms with E-state index in [-0.39, 0.29) is 12.5 Å². The highest BCUT2D eigenvalue weighted by molar-refractivity contribution is 5.95. The fourth-order valence-corrected chi connectivity index (χ4v) is 4.21. The normalized spacial score (nSPS) is 11.4. The smallest absolute Gasteiger partial charge is 0.435 e. The first-order chi connectivity index (χ1) is 21.6. The minimum absolute atomic E-state index is 0.140. The van der Waals surface area contributed by atoms with Crippen molar-refractivity contribution in [2.75, 3.05) is 24.6 Å². The van der Waals surface area contributed by atoms with Gasteiger partial charge in [-0.2, -0.15) is 9.78 Å². The summed E-state index contributed by atoms with van der Waals surface area (Å²) in [6, 6.07) is 22.2. The van der Waals surface area contributed by atoms with E-state index in [0.717, 1.165) is 21.8 Å². The fourth-order valence-electron chi connectivity index (χ4n) is 4.21. The Kier molecular flexibility index (Phi) is 9.89. The molecule has 0 fully saturated rings. The number of aromatic nitrogens is 4. The van der Waals surface area contributed by atoms with Gasteiger partial charge < -0.3 is 25.4 Å². The Morgan fingerprint density at radius 2 is 1.54 bits per heavy atom. The third-order valence-corrected chi connectivity index (χ3v) is 6.17. The molecule has 12 heteroatoms. The number of para-hydroxylation sites is 2. The number of anilines is 2. The maximum absolute atomic E-state index is 12.4. The summed E-state index contributed by atoms with van der Waals surface area (Å²) in [5, 5.41) is 8.51. The van der Waals surface area contributed by atoms with Crippen LogP contribution in [0.25, 0.3) is 33.2 Å². The Morgan fingerprint density at radius 3 is 2.26 bits per heavy atom. The molecule has 2 aromatic heterocycles. The van der Waals surface area contributed by atoms with Gasteiger partial charge in [-0.05, 0) is 71.9 Å². The van der Waals surface area contributed by atoms with Crippen LogP contribution in [0.3, 0.4) is 0 Å². The molecule has 0 bridgehead atoms. The lowest BCUT2D eigenvalue weighted by Crippen LogP contribution is -2.38. The summed E-state index contributed by atoms with van der Waals surface area (Å²) < 4.78 is 11.8. The lowest BCUT2D eigenvalue weighted by molar-refractivity contribution is -0.117. The molecule has 0 aliphatic rings. The molecule has 5 aromatic rings. The lowest BCUT2D eigenvalue weighted by Gasteiger charge is -2.24. The highest BCUT2D eigenvalue weighted by atomic mass is 16.6. The number of carbonyl (C=O) groups is 3. The average Bonchev–Trinajstić information content (AvgIpc) is 3.40. The summed E-state index contributed by atoms with van der Waals surface area (Å²) in [7, 11) is 1.51. The first kappa shape index (κ1) is 33.4. The van der Waals surface area contributed by atoms with Crippen LogP contribution in [-0.2, 0) is 14.3 Å². The van der Waals surface area contributed by atoms with E-state index in [4.69, 9.17) is 15.2 Å². The molecule has 0 aliphatic heterocycles. The van der Waals surface area contributed by atoms with Crippen molar-refractivity contribution in [2.24, 2.45) is 0 Å². The van der Waals surface area contributed by atoms with Crippen molar-refractivity contribution in [3.8, 4) is 11.4 Å². The molecule has 3 aromatic carbocycles. The van der Waals surface area contributed by atoms with Gasteiger partial charge in [-0.1, -0.05) is 42.5 Å². The van der Waals surface area contributed by atoms with Crippen LogP contribution in [-0.4, -0.2) is 67.5 Å². The van der Waals surface area contributed by atoms with E-state index in [1.807, 2.05) is 75.4 Å². The van der Waals surface area contributed by atoms with Crippen molar-refractivity contribution in [3.05, 3.63) is 79.0 Å². The summed E-state index contributed by atoms with van der Waals surface area (Å²) >= 11 is 0. The summed E-state index contributed by atoms with van der Waals surface area (Å²) in [4.78, 5) is 46.4. The maximum Gasteiger partial charge on any atom is 0.435 e. The van der Waals surface area contributed by atoms with Crippen LogP contribution in [0.2, 0.25) is 0 Å². The van der Waals surface area contributed by atoms with Crippen LogP contribution in [0.15, 0.2) is 79.0 Å². The Balaban J connectivity index is 0.000000252. The number of rotatable bonds is 4. The predicted octanol–water partition coefficient (Wildman–Crippen LogP) is 6.50. The number of carbonyl (C=O) groups excluding carboxylic acids is 3. The van der Waals surface area contributed by atoms with Crippen LogP contribution in [0.5, 0.6) is 0 Å². The van der Waals surface area contributed by atoms with Gasteiger partial charge in [0, 0.05) is 29.1 Å². The molecule has 0 saturated carbocycles. The molecular formula is C34H39N7O5. The van der Waals surface area contributed by atoms with E-state index in [1.165, 1.54) is 16.6 Å². The Hall–Kier alpha value is -5.52. The zero-order valence-electron chi connectivity index (χ0n) is 27.1. The Morgan fingerprint density at radius 1 is 0.870 bits per heavy atom. The highest BCUT2D eigenvalue weighted by Crippen LogP contribution is 2.25. The summed E-state index contributed by atoms with van der Waals surface area (Å²) in [6.07, 6.45) is 0.638. The van der Waals surface area contributed by atoms with Gasteiger partial charge >= 0.3 is 12.2 Å². The van der Waals surface area contributed by atoms with Gasteiger partial charge in [-0.15, -0.1) is 0 Å². The van der Waals surface area contributed by atoms with Crippen LogP contribution in [0.1, 0.15) is 41.5 Å². The topological polar surface area (TPSA) is 155 Å². The van der Waals surface area contributed by atoms with Gasteiger partial charge in [-0.3, -0.25) is 4.79 Å². The van der Waals surface area contributed by atoms with Crippen molar-refractivity contribution < 1.29 is 23.9 Å². The molecule has 0 spiro atoms. The Labute approximate surface area is 267 Å². The van der Waals surface area contributed by atoms with E-state index in [0.29, 0.717) is 22.9 Å². The van der Waals surface area contributed by atoms with Gasteiger partial charge in [-0.25, -0.2) is 19.6 Å². The fraction of sp³-hybridized carbons (Fsp3) is 0.294. The molecule has 0 atom stereocenters. The molecule has 240 valence electrons. The van der Waals surface area contributed by atoms with Gasteiger partial charge in [0.05, 0.1) is 17.2 Å². The molecule has 3 N–H and O–H groups in total. The SMILES string of the molecule is CC(C)(C)OC(=O)n1ncc2ccccc21.CN(CC(=O)Nc1cccc(-c2nc(N)c3ccccc3n2)c1)C(=O)OC(C)(C)C. The monoisotopic (exact) mass is 625 g/mol. The summed E-state index contributed by atoms with van der Waals surface area (Å²) in [5.41, 5.74) is 7.71. The van der Waals surface area contributed by atoms with Crippen LogP contribution < -0.4 is 11.1 Å². The van der Waals surface area contributed by atoms with E-state index in [1.54, 1.807) is 45.2 Å². The number of nitrogens with one attached hydrogen (secondary N) is 1. The van der Waals surface area contributed by atoms with Crippen molar-refractivity contribution in [1.29, 1.82) is 0 Å². The first-order valence-corrected chi connectivity index (χ1v) is 14.6. The number of hydrogen-bond acceptors (Lipinski definition) is 9. The largest absolute Gasteiger partial charge is 0.444 e. The van der Waals surface area contributed by atoms with Crippen molar-refractivity contribution in [2.45, 2.75) is 52.7 Å². The van der Waals surface area contributed by atoms with Gasteiger partial charge in [0.15, 0.2) is 5.82 Å². The van der Waals surface area contributed by atoms with Gasteiger partial charge in [0.25, 0.3) is 0 Å². The van der Waals surface area contributed by atoms with Gasteiger partial charge in [0.1, 0.15) is 23.6 Å².